The van der Waals surface area contributed by atoms with Crippen molar-refractivity contribution in [2.24, 2.45) is 0 Å². The number of aromatic amines is 1. The number of aryl methyl sites for hydroxylation is 3. The molecule has 0 aliphatic heterocycles. The van der Waals surface area contributed by atoms with Crippen LogP contribution >= 0.6 is 0 Å². The molecule has 2 rings (SSSR count). The average molecular weight is 289 g/mol. The zero-order valence-corrected chi connectivity index (χ0v) is 12.9. The fraction of sp³-hybridized carbons (Fsp3) is 0.400. The highest BCUT2D eigenvalue weighted by Crippen LogP contribution is 2.19. The Labute approximate surface area is 122 Å². The predicted molar refractivity (Wildman–Crippen MR) is 77.4 cm³/mol. The minimum Gasteiger partial charge on any atom is -0.361 e. The smallest absolute Gasteiger partial charge is 0.253 e. The van der Waals surface area contributed by atoms with Gasteiger partial charge >= 0.3 is 0 Å². The number of ketones is 1. The van der Waals surface area contributed by atoms with Crippen LogP contribution in [0.25, 0.3) is 0 Å². The van der Waals surface area contributed by atoms with Gasteiger partial charge in [0.05, 0.1) is 17.0 Å². The molecule has 0 atom stereocenters. The van der Waals surface area contributed by atoms with E-state index < -0.39 is 0 Å². The van der Waals surface area contributed by atoms with E-state index in [-0.39, 0.29) is 11.7 Å². The summed E-state index contributed by atoms with van der Waals surface area (Å²) in [5.74, 6) is 0.397. The topological polar surface area (TPSA) is 88.0 Å². The molecular weight excluding hydrogens is 270 g/mol. The third-order valence-corrected chi connectivity index (χ3v) is 3.62. The van der Waals surface area contributed by atoms with Crippen molar-refractivity contribution >= 4 is 11.7 Å². The van der Waals surface area contributed by atoms with Gasteiger partial charge in [0.1, 0.15) is 5.76 Å². The van der Waals surface area contributed by atoms with Gasteiger partial charge in [-0.05, 0) is 33.3 Å². The highest BCUT2D eigenvalue weighted by Gasteiger charge is 2.20. The summed E-state index contributed by atoms with van der Waals surface area (Å²) in [5.41, 5.74) is 4.01. The standard InChI is InChI=1S/C15H19N3O3/c1-7-13(9(3)17-14(7)10(4)19)15(20)16-6-12-8(2)18-21-11(12)5/h17H,6H2,1-5H3,(H,16,20). The second kappa shape index (κ2) is 5.55. The van der Waals surface area contributed by atoms with Gasteiger partial charge < -0.3 is 14.8 Å². The fourth-order valence-electron chi connectivity index (χ4n) is 2.45. The number of carbonyl (C=O) groups excluding carboxylic acids is 2. The zero-order valence-electron chi connectivity index (χ0n) is 12.9. The molecule has 1 amide bonds. The second-order valence-electron chi connectivity index (χ2n) is 5.17. The van der Waals surface area contributed by atoms with Gasteiger partial charge in [-0.15, -0.1) is 0 Å². The van der Waals surface area contributed by atoms with Gasteiger partial charge in [0.2, 0.25) is 0 Å². The molecule has 0 aromatic carbocycles. The number of nitrogens with one attached hydrogen (secondary N) is 2. The van der Waals surface area contributed by atoms with Crippen LogP contribution in [0.2, 0.25) is 0 Å². The lowest BCUT2D eigenvalue weighted by Gasteiger charge is -2.06. The molecule has 0 bridgehead atoms. The highest BCUT2D eigenvalue weighted by atomic mass is 16.5. The summed E-state index contributed by atoms with van der Waals surface area (Å²) in [4.78, 5) is 26.8. The van der Waals surface area contributed by atoms with Gasteiger partial charge in [-0.25, -0.2) is 0 Å². The van der Waals surface area contributed by atoms with Crippen LogP contribution in [0.1, 0.15) is 56.0 Å². The molecule has 0 radical (unpaired) electrons. The summed E-state index contributed by atoms with van der Waals surface area (Å²) in [6, 6.07) is 0. The lowest BCUT2D eigenvalue weighted by molar-refractivity contribution is 0.0949. The molecule has 0 unspecified atom stereocenters. The van der Waals surface area contributed by atoms with Gasteiger partial charge in [0.15, 0.2) is 5.78 Å². The molecule has 2 aromatic rings. The van der Waals surface area contributed by atoms with E-state index in [1.807, 2.05) is 13.8 Å². The Morgan fingerprint density at radius 1 is 1.24 bits per heavy atom. The molecule has 0 spiro atoms. The number of H-pyrrole nitrogens is 1. The van der Waals surface area contributed by atoms with Crippen molar-refractivity contribution < 1.29 is 14.1 Å². The van der Waals surface area contributed by atoms with Gasteiger partial charge in [-0.2, -0.15) is 0 Å². The summed E-state index contributed by atoms with van der Waals surface area (Å²) >= 11 is 0. The first kappa shape index (κ1) is 15.0. The van der Waals surface area contributed by atoms with Crippen LogP contribution in [-0.4, -0.2) is 21.8 Å². The minimum absolute atomic E-state index is 0.0830. The number of nitrogens with zero attached hydrogens (tertiary/aromatic N) is 1. The molecule has 112 valence electrons. The quantitative estimate of drug-likeness (QED) is 0.846. The Morgan fingerprint density at radius 2 is 1.90 bits per heavy atom. The Morgan fingerprint density at radius 3 is 2.38 bits per heavy atom. The number of hydrogen-bond donors (Lipinski definition) is 2. The summed E-state index contributed by atoms with van der Waals surface area (Å²) in [7, 11) is 0. The van der Waals surface area contributed by atoms with Crippen LogP contribution in [0, 0.1) is 27.7 Å². The maximum absolute atomic E-state index is 12.3. The van der Waals surface area contributed by atoms with Crippen LogP contribution in [0.4, 0.5) is 0 Å². The van der Waals surface area contributed by atoms with E-state index in [1.165, 1.54) is 6.92 Å². The van der Waals surface area contributed by atoms with Crippen LogP contribution in [0.5, 0.6) is 0 Å². The monoisotopic (exact) mass is 289 g/mol. The summed E-state index contributed by atoms with van der Waals surface area (Å²) < 4.78 is 5.06. The number of hydrogen-bond acceptors (Lipinski definition) is 4. The van der Waals surface area contributed by atoms with E-state index >= 15 is 0 Å². The number of carbonyl (C=O) groups is 2. The van der Waals surface area contributed by atoms with Crippen LogP contribution in [0.3, 0.4) is 0 Å². The third kappa shape index (κ3) is 2.74. The number of Topliss-reactive ketones (excluding diaryl/α,β-unsaturated/α-hetero) is 1. The summed E-state index contributed by atoms with van der Waals surface area (Å²) in [5, 5.41) is 6.70. The van der Waals surface area contributed by atoms with E-state index in [0.29, 0.717) is 34.8 Å². The maximum atomic E-state index is 12.3. The molecule has 0 aliphatic rings. The molecular formula is C15H19N3O3. The molecule has 0 saturated carbocycles. The van der Waals surface area contributed by atoms with Gasteiger partial charge in [0.25, 0.3) is 5.91 Å². The van der Waals surface area contributed by atoms with E-state index in [2.05, 4.69) is 15.5 Å². The molecule has 2 aromatic heterocycles. The average Bonchev–Trinajstić information content (AvgIpc) is 2.88. The Balaban J connectivity index is 2.20. The number of amides is 1. The second-order valence-corrected chi connectivity index (χ2v) is 5.17. The SMILES string of the molecule is CC(=O)c1[nH]c(C)c(C(=O)NCc2c(C)noc2C)c1C. The van der Waals surface area contributed by atoms with E-state index in [9.17, 15) is 9.59 Å². The van der Waals surface area contributed by atoms with E-state index in [1.54, 1.807) is 13.8 Å². The van der Waals surface area contributed by atoms with Crippen molar-refractivity contribution in [2.45, 2.75) is 41.2 Å². The molecule has 2 heterocycles. The summed E-state index contributed by atoms with van der Waals surface area (Å²) in [6.45, 7) is 9.01. The zero-order chi connectivity index (χ0) is 15.7. The van der Waals surface area contributed by atoms with Gasteiger partial charge in [-0.3, -0.25) is 9.59 Å². The van der Waals surface area contributed by atoms with Crippen molar-refractivity contribution in [1.29, 1.82) is 0 Å². The fourth-order valence-corrected chi connectivity index (χ4v) is 2.45. The highest BCUT2D eigenvalue weighted by molar-refractivity contribution is 6.02. The molecule has 0 saturated heterocycles. The Bertz CT molecular complexity index is 691. The van der Waals surface area contributed by atoms with Crippen molar-refractivity contribution in [2.75, 3.05) is 0 Å². The molecule has 6 nitrogen and oxygen atoms in total. The van der Waals surface area contributed by atoms with Crippen molar-refractivity contribution in [3.05, 3.63) is 39.5 Å². The van der Waals surface area contributed by atoms with E-state index in [0.717, 1.165) is 11.3 Å². The largest absolute Gasteiger partial charge is 0.361 e. The van der Waals surface area contributed by atoms with Gasteiger partial charge in [0, 0.05) is 24.7 Å². The molecule has 2 N–H and O–H groups in total. The predicted octanol–water partition coefficient (Wildman–Crippen LogP) is 2.37. The number of rotatable bonds is 4. The molecule has 6 heteroatoms. The molecule has 0 fully saturated rings. The minimum atomic E-state index is -0.214. The molecule has 0 aliphatic carbocycles. The van der Waals surface area contributed by atoms with E-state index in [4.69, 9.17) is 4.52 Å². The van der Waals surface area contributed by atoms with Crippen molar-refractivity contribution in [3.8, 4) is 0 Å². The van der Waals surface area contributed by atoms with Crippen molar-refractivity contribution in [1.82, 2.24) is 15.5 Å². The third-order valence-electron chi connectivity index (χ3n) is 3.62. The Kier molecular flexibility index (Phi) is 3.97. The van der Waals surface area contributed by atoms with Crippen LogP contribution in [-0.2, 0) is 6.54 Å². The first-order valence-electron chi connectivity index (χ1n) is 6.73. The Hall–Kier alpha value is -2.37. The van der Waals surface area contributed by atoms with Crippen molar-refractivity contribution in [3.63, 3.8) is 0 Å². The van der Waals surface area contributed by atoms with Gasteiger partial charge in [-0.1, -0.05) is 5.16 Å². The lowest BCUT2D eigenvalue weighted by Crippen LogP contribution is -2.24. The maximum Gasteiger partial charge on any atom is 0.253 e. The first-order chi connectivity index (χ1) is 9.82. The molecule has 21 heavy (non-hydrogen) atoms. The summed E-state index contributed by atoms with van der Waals surface area (Å²) in [6.07, 6.45) is 0. The number of aromatic nitrogens is 2. The normalized spacial score (nSPS) is 10.7. The first-order valence-corrected chi connectivity index (χ1v) is 6.73. The van der Waals surface area contributed by atoms with Crippen LogP contribution in [0.15, 0.2) is 4.52 Å². The lowest BCUT2D eigenvalue weighted by atomic mass is 10.1. The van der Waals surface area contributed by atoms with Crippen LogP contribution < -0.4 is 5.32 Å².